The van der Waals surface area contributed by atoms with Gasteiger partial charge in [0.05, 0.1) is 5.69 Å². The Hall–Kier alpha value is -1.84. The van der Waals surface area contributed by atoms with Crippen molar-refractivity contribution in [3.63, 3.8) is 0 Å². The smallest absolute Gasteiger partial charge is 0.325 e. The van der Waals surface area contributed by atoms with Crippen LogP contribution < -0.4 is 10.2 Å². The molecule has 1 heterocycles. The minimum absolute atomic E-state index is 0.0977. The summed E-state index contributed by atoms with van der Waals surface area (Å²) >= 11 is 0. The molecule has 1 aliphatic rings. The zero-order valence-electron chi connectivity index (χ0n) is 10.2. The highest BCUT2D eigenvalue weighted by Gasteiger charge is 2.40. The first-order chi connectivity index (χ1) is 8.02. The minimum Gasteiger partial charge on any atom is -0.325 e. The third kappa shape index (κ3) is 1.90. The molecule has 1 aliphatic heterocycles. The van der Waals surface area contributed by atoms with Gasteiger partial charge in [0.25, 0.3) is 5.91 Å². The van der Waals surface area contributed by atoms with Gasteiger partial charge < -0.3 is 5.32 Å². The van der Waals surface area contributed by atoms with Crippen LogP contribution in [0.4, 0.5) is 10.5 Å². The van der Waals surface area contributed by atoms with Crippen molar-refractivity contribution in [2.45, 2.75) is 26.8 Å². The molecule has 0 aliphatic carbocycles. The quantitative estimate of drug-likeness (QED) is 0.794. The number of nitrogens with one attached hydrogen (secondary N) is 1. The van der Waals surface area contributed by atoms with E-state index in [2.05, 4.69) is 5.32 Å². The second-order valence-electron chi connectivity index (χ2n) is 4.63. The highest BCUT2D eigenvalue weighted by Crippen LogP contribution is 2.25. The largest absolute Gasteiger partial charge is 0.329 e. The molecule has 1 aromatic carbocycles. The lowest BCUT2D eigenvalue weighted by Gasteiger charge is -2.16. The maximum atomic E-state index is 12.2. The highest BCUT2D eigenvalue weighted by molar-refractivity contribution is 6.21. The standard InChI is InChI=1S/C13H16N2O2/c1-8(2)11-12(16)15(13(17)14-11)10-7-5-4-6-9(10)3/h4-8,11H,1-3H3,(H,14,17). The number of nitrogens with zero attached hydrogens (tertiary/aromatic N) is 1. The number of anilines is 1. The molecule has 17 heavy (non-hydrogen) atoms. The fourth-order valence-corrected chi connectivity index (χ4v) is 1.99. The van der Waals surface area contributed by atoms with E-state index in [9.17, 15) is 9.59 Å². The molecule has 0 bridgehead atoms. The van der Waals surface area contributed by atoms with Crippen molar-refractivity contribution in [1.82, 2.24) is 5.32 Å². The molecular weight excluding hydrogens is 216 g/mol. The molecule has 4 heteroatoms. The molecule has 1 N–H and O–H groups in total. The first-order valence-electron chi connectivity index (χ1n) is 5.72. The number of hydrogen-bond acceptors (Lipinski definition) is 2. The molecule has 0 radical (unpaired) electrons. The maximum Gasteiger partial charge on any atom is 0.329 e. The summed E-state index contributed by atoms with van der Waals surface area (Å²) in [7, 11) is 0. The van der Waals surface area contributed by atoms with Gasteiger partial charge in [-0.3, -0.25) is 4.79 Å². The van der Waals surface area contributed by atoms with Crippen LogP contribution in [0.15, 0.2) is 24.3 Å². The Morgan fingerprint density at radius 3 is 2.41 bits per heavy atom. The van der Waals surface area contributed by atoms with E-state index in [1.165, 1.54) is 4.90 Å². The van der Waals surface area contributed by atoms with E-state index in [-0.39, 0.29) is 17.9 Å². The molecule has 4 nitrogen and oxygen atoms in total. The average Bonchev–Trinajstić information content (AvgIpc) is 2.56. The summed E-state index contributed by atoms with van der Waals surface area (Å²) in [5, 5.41) is 2.72. The summed E-state index contributed by atoms with van der Waals surface area (Å²) in [6.45, 7) is 5.73. The first kappa shape index (κ1) is 11.6. The summed E-state index contributed by atoms with van der Waals surface area (Å²) in [6, 6.07) is 6.64. The van der Waals surface area contributed by atoms with Crippen LogP contribution in [0, 0.1) is 12.8 Å². The normalized spacial score (nSPS) is 20.0. The fourth-order valence-electron chi connectivity index (χ4n) is 1.99. The second kappa shape index (κ2) is 4.20. The van der Waals surface area contributed by atoms with Crippen molar-refractivity contribution in [2.24, 2.45) is 5.92 Å². The van der Waals surface area contributed by atoms with E-state index in [1.807, 2.05) is 39.0 Å². The molecule has 1 unspecified atom stereocenters. The molecule has 0 aromatic heterocycles. The van der Waals surface area contributed by atoms with Gasteiger partial charge in [-0.05, 0) is 24.5 Å². The predicted octanol–water partition coefficient (Wildman–Crippen LogP) is 2.08. The SMILES string of the molecule is Cc1ccccc1N1C(=O)NC(C(C)C)C1=O. The van der Waals surface area contributed by atoms with Crippen LogP contribution in [0.3, 0.4) is 0 Å². The van der Waals surface area contributed by atoms with Crippen molar-refractivity contribution >= 4 is 17.6 Å². The lowest BCUT2D eigenvalue weighted by Crippen LogP contribution is -2.34. The fraction of sp³-hybridized carbons (Fsp3) is 0.385. The molecule has 1 aromatic rings. The molecule has 1 fully saturated rings. The lowest BCUT2D eigenvalue weighted by molar-refractivity contribution is -0.119. The Bertz CT molecular complexity index is 468. The number of carbonyl (C=O) groups is 2. The monoisotopic (exact) mass is 232 g/mol. The van der Waals surface area contributed by atoms with Crippen LogP contribution in [0.5, 0.6) is 0 Å². The van der Waals surface area contributed by atoms with E-state index >= 15 is 0 Å². The number of benzene rings is 1. The number of amides is 3. The molecule has 3 amide bonds. The number of imide groups is 1. The van der Waals surface area contributed by atoms with Crippen LogP contribution >= 0.6 is 0 Å². The Labute approximate surface area is 101 Å². The summed E-state index contributed by atoms with van der Waals surface area (Å²) in [5.41, 5.74) is 1.58. The van der Waals surface area contributed by atoms with Crippen LogP contribution in [0.25, 0.3) is 0 Å². The zero-order valence-corrected chi connectivity index (χ0v) is 10.2. The first-order valence-corrected chi connectivity index (χ1v) is 5.72. The number of aryl methyl sites for hydroxylation is 1. The summed E-state index contributed by atoms with van der Waals surface area (Å²) in [4.78, 5) is 25.2. The predicted molar refractivity (Wildman–Crippen MR) is 65.8 cm³/mol. The molecule has 2 rings (SSSR count). The topological polar surface area (TPSA) is 49.4 Å². The van der Waals surface area contributed by atoms with Crippen molar-refractivity contribution in [1.29, 1.82) is 0 Å². The van der Waals surface area contributed by atoms with Crippen molar-refractivity contribution in [3.8, 4) is 0 Å². The van der Waals surface area contributed by atoms with Gasteiger partial charge in [-0.25, -0.2) is 9.69 Å². The molecule has 1 atom stereocenters. The number of hydrogen-bond donors (Lipinski definition) is 1. The molecule has 0 saturated carbocycles. The lowest BCUT2D eigenvalue weighted by atomic mass is 10.0. The summed E-state index contributed by atoms with van der Waals surface area (Å²) in [5.74, 6) is -0.0697. The van der Waals surface area contributed by atoms with Gasteiger partial charge >= 0.3 is 6.03 Å². The Morgan fingerprint density at radius 2 is 1.88 bits per heavy atom. The van der Waals surface area contributed by atoms with Gasteiger partial charge in [0, 0.05) is 0 Å². The average molecular weight is 232 g/mol. The van der Waals surface area contributed by atoms with Gasteiger partial charge in [0.1, 0.15) is 6.04 Å². The van der Waals surface area contributed by atoms with E-state index in [0.29, 0.717) is 5.69 Å². The third-order valence-corrected chi connectivity index (χ3v) is 2.99. The van der Waals surface area contributed by atoms with Gasteiger partial charge in [-0.1, -0.05) is 32.0 Å². The molecule has 1 saturated heterocycles. The Kier molecular flexibility index (Phi) is 2.88. The highest BCUT2D eigenvalue weighted by atomic mass is 16.2. The van der Waals surface area contributed by atoms with Crippen molar-refractivity contribution < 1.29 is 9.59 Å². The third-order valence-electron chi connectivity index (χ3n) is 2.99. The maximum absolute atomic E-state index is 12.2. The van der Waals surface area contributed by atoms with Crippen LogP contribution in [0.1, 0.15) is 19.4 Å². The Balaban J connectivity index is 2.38. The second-order valence-corrected chi connectivity index (χ2v) is 4.63. The molecular formula is C13H16N2O2. The van der Waals surface area contributed by atoms with Gasteiger partial charge in [0.15, 0.2) is 0 Å². The van der Waals surface area contributed by atoms with Crippen LogP contribution in [-0.4, -0.2) is 18.0 Å². The van der Waals surface area contributed by atoms with Crippen molar-refractivity contribution in [3.05, 3.63) is 29.8 Å². The minimum atomic E-state index is -0.415. The van der Waals surface area contributed by atoms with Crippen LogP contribution in [-0.2, 0) is 4.79 Å². The van der Waals surface area contributed by atoms with E-state index in [1.54, 1.807) is 6.07 Å². The molecule has 90 valence electrons. The van der Waals surface area contributed by atoms with Gasteiger partial charge in [0.2, 0.25) is 0 Å². The molecule has 0 spiro atoms. The van der Waals surface area contributed by atoms with Crippen LogP contribution in [0.2, 0.25) is 0 Å². The zero-order chi connectivity index (χ0) is 12.6. The van der Waals surface area contributed by atoms with Gasteiger partial charge in [-0.2, -0.15) is 0 Å². The summed E-state index contributed by atoms with van der Waals surface area (Å²) < 4.78 is 0. The number of urea groups is 1. The van der Waals surface area contributed by atoms with E-state index in [4.69, 9.17) is 0 Å². The van der Waals surface area contributed by atoms with E-state index in [0.717, 1.165) is 5.56 Å². The van der Waals surface area contributed by atoms with Crippen molar-refractivity contribution in [2.75, 3.05) is 4.90 Å². The number of carbonyl (C=O) groups excluding carboxylic acids is 2. The summed E-state index contributed by atoms with van der Waals surface area (Å²) in [6.07, 6.45) is 0. The Morgan fingerprint density at radius 1 is 1.24 bits per heavy atom. The van der Waals surface area contributed by atoms with Gasteiger partial charge in [-0.15, -0.1) is 0 Å². The van der Waals surface area contributed by atoms with E-state index < -0.39 is 6.04 Å². The number of para-hydroxylation sites is 1. The number of rotatable bonds is 2.